The molecule has 5 nitrogen and oxygen atoms in total. The molecule has 1 heterocycles. The first-order chi connectivity index (χ1) is 9.97. The molecule has 0 aliphatic rings. The first-order valence-corrected chi connectivity index (χ1v) is 7.11. The smallest absolute Gasteiger partial charge is 0.262 e. The van der Waals surface area contributed by atoms with Crippen molar-refractivity contribution in [2.24, 2.45) is 7.05 Å². The molecule has 0 aliphatic carbocycles. The molecule has 21 heavy (non-hydrogen) atoms. The molecule has 110 valence electrons. The fraction of sp³-hybridized carbons (Fsp3) is 0.200. The lowest BCUT2D eigenvalue weighted by Gasteiger charge is -2.11. The Labute approximate surface area is 130 Å². The number of amides is 1. The molecule has 1 aromatic carbocycles. The lowest BCUT2D eigenvalue weighted by molar-refractivity contribution is -0.118. The first-order valence-electron chi connectivity index (χ1n) is 6.32. The van der Waals surface area contributed by atoms with E-state index in [0.717, 1.165) is 4.47 Å². The van der Waals surface area contributed by atoms with Crippen molar-refractivity contribution in [3.63, 3.8) is 0 Å². The third-order valence-corrected chi connectivity index (χ3v) is 3.54. The van der Waals surface area contributed by atoms with E-state index in [0.29, 0.717) is 11.4 Å². The number of hydrogen-bond acceptors (Lipinski definition) is 3. The number of rotatable bonds is 4. The number of anilines is 1. The summed E-state index contributed by atoms with van der Waals surface area (Å²) >= 11 is 3.32. The number of benzene rings is 1. The lowest BCUT2D eigenvalue weighted by atomic mass is 10.3. The fourth-order valence-electron chi connectivity index (χ4n) is 1.75. The Morgan fingerprint density at radius 1 is 1.29 bits per heavy atom. The van der Waals surface area contributed by atoms with Crippen molar-refractivity contribution in [1.82, 2.24) is 4.57 Å². The Balaban J connectivity index is 2.00. The van der Waals surface area contributed by atoms with Crippen molar-refractivity contribution in [2.45, 2.75) is 6.92 Å². The molecule has 1 amide bonds. The van der Waals surface area contributed by atoms with Gasteiger partial charge in [0.2, 0.25) is 5.43 Å². The van der Waals surface area contributed by atoms with Crippen LogP contribution in [0.25, 0.3) is 0 Å². The van der Waals surface area contributed by atoms with Crippen molar-refractivity contribution in [1.29, 1.82) is 0 Å². The van der Waals surface area contributed by atoms with E-state index in [9.17, 15) is 9.59 Å². The molecule has 0 aliphatic heterocycles. The monoisotopic (exact) mass is 350 g/mol. The van der Waals surface area contributed by atoms with Gasteiger partial charge in [0.1, 0.15) is 0 Å². The second kappa shape index (κ2) is 6.58. The summed E-state index contributed by atoms with van der Waals surface area (Å²) in [7, 11) is 1.81. The summed E-state index contributed by atoms with van der Waals surface area (Å²) in [5.74, 6) is -0.117. The van der Waals surface area contributed by atoms with E-state index in [2.05, 4.69) is 21.2 Å². The maximum Gasteiger partial charge on any atom is 0.262 e. The van der Waals surface area contributed by atoms with Crippen LogP contribution in [0.1, 0.15) is 5.69 Å². The van der Waals surface area contributed by atoms with Gasteiger partial charge in [-0.3, -0.25) is 9.59 Å². The standard InChI is InChI=1S/C15H15BrN2O3/c1-10-15(13(19)7-8-18(10)2)21-9-14(20)17-12-5-3-11(16)4-6-12/h3-8H,9H2,1-2H3,(H,17,20). The van der Waals surface area contributed by atoms with Crippen molar-refractivity contribution in [2.75, 3.05) is 11.9 Å². The third-order valence-electron chi connectivity index (χ3n) is 3.01. The zero-order chi connectivity index (χ0) is 15.4. The highest BCUT2D eigenvalue weighted by molar-refractivity contribution is 9.10. The van der Waals surface area contributed by atoms with Gasteiger partial charge in [0.25, 0.3) is 5.91 Å². The minimum absolute atomic E-state index is 0.200. The minimum Gasteiger partial charge on any atom is -0.478 e. The summed E-state index contributed by atoms with van der Waals surface area (Å²) in [6.45, 7) is 1.56. The molecule has 0 radical (unpaired) electrons. The number of aryl methyl sites for hydroxylation is 1. The molecule has 0 saturated carbocycles. The van der Waals surface area contributed by atoms with Crippen molar-refractivity contribution in [3.8, 4) is 5.75 Å². The molecular formula is C15H15BrN2O3. The number of nitrogens with one attached hydrogen (secondary N) is 1. The molecule has 0 saturated heterocycles. The summed E-state index contributed by atoms with van der Waals surface area (Å²) in [5, 5.41) is 2.70. The van der Waals surface area contributed by atoms with E-state index in [4.69, 9.17) is 4.74 Å². The van der Waals surface area contributed by atoms with Crippen LogP contribution in [0.4, 0.5) is 5.69 Å². The van der Waals surface area contributed by atoms with E-state index in [1.165, 1.54) is 6.07 Å². The highest BCUT2D eigenvalue weighted by Crippen LogP contribution is 2.14. The number of ether oxygens (including phenoxy) is 1. The molecule has 2 rings (SSSR count). The van der Waals surface area contributed by atoms with Crippen LogP contribution in [-0.4, -0.2) is 17.1 Å². The van der Waals surface area contributed by atoms with Crippen molar-refractivity contribution < 1.29 is 9.53 Å². The van der Waals surface area contributed by atoms with Crippen molar-refractivity contribution >= 4 is 27.5 Å². The predicted octanol–water partition coefficient (Wildman–Crippen LogP) is 2.47. The molecule has 2 aromatic rings. The van der Waals surface area contributed by atoms with Gasteiger partial charge in [0, 0.05) is 29.5 Å². The maximum absolute atomic E-state index is 11.8. The van der Waals surface area contributed by atoms with Crippen LogP contribution in [0.3, 0.4) is 0 Å². The number of halogens is 1. The van der Waals surface area contributed by atoms with Crippen LogP contribution in [0.5, 0.6) is 5.75 Å². The van der Waals surface area contributed by atoms with E-state index >= 15 is 0 Å². The maximum atomic E-state index is 11.8. The summed E-state index contributed by atoms with van der Waals surface area (Å²) in [6.07, 6.45) is 1.66. The van der Waals surface area contributed by atoms with Gasteiger partial charge in [-0.05, 0) is 31.2 Å². The van der Waals surface area contributed by atoms with Crippen LogP contribution in [-0.2, 0) is 11.8 Å². The summed E-state index contributed by atoms with van der Waals surface area (Å²) in [5.41, 5.74) is 1.12. The molecule has 0 unspecified atom stereocenters. The van der Waals surface area contributed by atoms with Gasteiger partial charge >= 0.3 is 0 Å². The summed E-state index contributed by atoms with van der Waals surface area (Å²) in [4.78, 5) is 23.5. The van der Waals surface area contributed by atoms with Gasteiger partial charge in [-0.1, -0.05) is 15.9 Å². The van der Waals surface area contributed by atoms with E-state index < -0.39 is 0 Å². The Bertz CT molecular complexity index is 708. The van der Waals surface area contributed by atoms with Crippen LogP contribution < -0.4 is 15.5 Å². The van der Waals surface area contributed by atoms with Gasteiger partial charge in [0.15, 0.2) is 12.4 Å². The van der Waals surface area contributed by atoms with Gasteiger partial charge in [-0.15, -0.1) is 0 Å². The Hall–Kier alpha value is -2.08. The average molecular weight is 351 g/mol. The number of nitrogens with zero attached hydrogens (tertiary/aromatic N) is 1. The normalized spacial score (nSPS) is 10.2. The largest absolute Gasteiger partial charge is 0.478 e. The van der Waals surface area contributed by atoms with Crippen molar-refractivity contribution in [3.05, 3.63) is 56.9 Å². The third kappa shape index (κ3) is 3.95. The Morgan fingerprint density at radius 2 is 1.95 bits per heavy atom. The zero-order valence-corrected chi connectivity index (χ0v) is 13.3. The summed E-state index contributed by atoms with van der Waals surface area (Å²) in [6, 6.07) is 8.61. The molecule has 1 N–H and O–H groups in total. The second-order valence-corrected chi connectivity index (χ2v) is 5.46. The van der Waals surface area contributed by atoms with Crippen LogP contribution >= 0.6 is 15.9 Å². The fourth-order valence-corrected chi connectivity index (χ4v) is 2.01. The van der Waals surface area contributed by atoms with E-state index in [-0.39, 0.29) is 23.7 Å². The molecule has 0 fully saturated rings. The van der Waals surface area contributed by atoms with Crippen LogP contribution in [0, 0.1) is 6.92 Å². The minimum atomic E-state index is -0.317. The molecule has 6 heteroatoms. The molecule has 0 atom stereocenters. The van der Waals surface area contributed by atoms with Gasteiger partial charge < -0.3 is 14.6 Å². The Morgan fingerprint density at radius 3 is 2.62 bits per heavy atom. The topological polar surface area (TPSA) is 60.3 Å². The van der Waals surface area contributed by atoms with Gasteiger partial charge in [-0.2, -0.15) is 0 Å². The molecular weight excluding hydrogens is 336 g/mol. The predicted molar refractivity (Wildman–Crippen MR) is 84.7 cm³/mol. The number of pyridine rings is 1. The van der Waals surface area contributed by atoms with Gasteiger partial charge in [-0.25, -0.2) is 0 Å². The highest BCUT2D eigenvalue weighted by atomic mass is 79.9. The average Bonchev–Trinajstić information content (AvgIpc) is 2.45. The summed E-state index contributed by atoms with van der Waals surface area (Å²) < 4.78 is 8.05. The van der Waals surface area contributed by atoms with Crippen LogP contribution in [0.2, 0.25) is 0 Å². The number of carbonyl (C=O) groups excluding carboxylic acids is 1. The molecule has 1 aromatic heterocycles. The van der Waals surface area contributed by atoms with Crippen LogP contribution in [0.15, 0.2) is 45.8 Å². The zero-order valence-electron chi connectivity index (χ0n) is 11.7. The van der Waals surface area contributed by atoms with E-state index in [1.54, 1.807) is 29.8 Å². The highest BCUT2D eigenvalue weighted by Gasteiger charge is 2.10. The number of hydrogen-bond donors (Lipinski definition) is 1. The molecule has 0 bridgehead atoms. The quantitative estimate of drug-likeness (QED) is 0.921. The second-order valence-electron chi connectivity index (χ2n) is 4.55. The number of aromatic nitrogens is 1. The first kappa shape index (κ1) is 15.3. The van der Waals surface area contributed by atoms with E-state index in [1.807, 2.05) is 19.2 Å². The Kier molecular flexibility index (Phi) is 4.80. The SMILES string of the molecule is Cc1c(OCC(=O)Nc2ccc(Br)cc2)c(=O)ccn1C. The lowest BCUT2D eigenvalue weighted by Crippen LogP contribution is -2.23. The number of carbonyl (C=O) groups is 1. The van der Waals surface area contributed by atoms with Gasteiger partial charge in [0.05, 0.1) is 5.69 Å². The molecule has 0 spiro atoms.